The Labute approximate surface area is 135 Å². The predicted molar refractivity (Wildman–Crippen MR) is 85.5 cm³/mol. The average Bonchev–Trinajstić information content (AvgIpc) is 2.99. The second-order valence-corrected chi connectivity index (χ2v) is 6.07. The second kappa shape index (κ2) is 7.37. The molecule has 2 heterocycles. The van der Waals surface area contributed by atoms with Gasteiger partial charge in [0.15, 0.2) is 0 Å². The standard InChI is InChI=1S/C17H22N4O2/c1-13-11-23-12-16-10-21(20-19-16)8-7-15(17(22)18-13)9-14-5-3-2-4-6-14/h2-6,10,13,15H,7-9,11-12H2,1H3,(H,18,22)/t13-,15+/m1/s1. The number of nitrogens with one attached hydrogen (secondary N) is 1. The minimum absolute atomic E-state index is 0.0183. The number of carbonyl (C=O) groups is 1. The van der Waals surface area contributed by atoms with Gasteiger partial charge in [-0.25, -0.2) is 0 Å². The number of hydrogen-bond acceptors (Lipinski definition) is 4. The van der Waals surface area contributed by atoms with Crippen molar-refractivity contribution in [1.82, 2.24) is 20.3 Å². The zero-order chi connectivity index (χ0) is 16.1. The third kappa shape index (κ3) is 4.39. The summed E-state index contributed by atoms with van der Waals surface area (Å²) in [6, 6.07) is 10.1. The van der Waals surface area contributed by atoms with Gasteiger partial charge in [0.2, 0.25) is 5.91 Å². The van der Waals surface area contributed by atoms with Gasteiger partial charge in [-0.15, -0.1) is 5.10 Å². The van der Waals surface area contributed by atoms with Crippen molar-refractivity contribution in [2.75, 3.05) is 6.61 Å². The fourth-order valence-electron chi connectivity index (χ4n) is 2.77. The monoisotopic (exact) mass is 314 g/mol. The minimum atomic E-state index is -0.0908. The van der Waals surface area contributed by atoms with Crippen molar-refractivity contribution in [2.45, 2.75) is 39.0 Å². The van der Waals surface area contributed by atoms with E-state index in [-0.39, 0.29) is 17.9 Å². The summed E-state index contributed by atoms with van der Waals surface area (Å²) < 4.78 is 7.37. The summed E-state index contributed by atoms with van der Waals surface area (Å²) in [5, 5.41) is 11.3. The smallest absolute Gasteiger partial charge is 0.223 e. The molecule has 1 aromatic heterocycles. The molecule has 23 heavy (non-hydrogen) atoms. The lowest BCUT2D eigenvalue weighted by Crippen LogP contribution is -2.40. The minimum Gasteiger partial charge on any atom is -0.373 e. The van der Waals surface area contributed by atoms with Gasteiger partial charge in [-0.2, -0.15) is 0 Å². The first kappa shape index (κ1) is 15.7. The maximum Gasteiger partial charge on any atom is 0.223 e. The molecule has 1 N–H and O–H groups in total. The molecule has 6 nitrogen and oxygen atoms in total. The fraction of sp³-hybridized carbons (Fsp3) is 0.471. The van der Waals surface area contributed by atoms with Crippen molar-refractivity contribution in [3.63, 3.8) is 0 Å². The van der Waals surface area contributed by atoms with E-state index in [2.05, 4.69) is 27.8 Å². The van der Waals surface area contributed by atoms with Crippen LogP contribution in [0.5, 0.6) is 0 Å². The molecule has 2 atom stereocenters. The van der Waals surface area contributed by atoms with Crippen LogP contribution in [0.15, 0.2) is 36.5 Å². The van der Waals surface area contributed by atoms with Crippen molar-refractivity contribution in [2.24, 2.45) is 5.92 Å². The predicted octanol–water partition coefficient (Wildman–Crippen LogP) is 1.56. The molecule has 1 aliphatic heterocycles. The molecule has 2 bridgehead atoms. The third-order valence-electron chi connectivity index (χ3n) is 3.99. The highest BCUT2D eigenvalue weighted by atomic mass is 16.5. The van der Waals surface area contributed by atoms with Crippen LogP contribution in [-0.4, -0.2) is 33.5 Å². The van der Waals surface area contributed by atoms with Crippen LogP contribution in [0.4, 0.5) is 0 Å². The Morgan fingerprint density at radius 2 is 2.17 bits per heavy atom. The Bertz CT molecular complexity index is 641. The molecule has 1 amide bonds. The Balaban J connectivity index is 1.75. The molecule has 0 radical (unpaired) electrons. The molecule has 1 aromatic carbocycles. The van der Waals surface area contributed by atoms with Gasteiger partial charge in [-0.05, 0) is 25.3 Å². The highest BCUT2D eigenvalue weighted by Gasteiger charge is 2.21. The van der Waals surface area contributed by atoms with Crippen molar-refractivity contribution in [3.05, 3.63) is 47.8 Å². The topological polar surface area (TPSA) is 69.0 Å². The fourth-order valence-corrected chi connectivity index (χ4v) is 2.77. The summed E-state index contributed by atoms with van der Waals surface area (Å²) in [6.07, 6.45) is 3.35. The van der Waals surface area contributed by atoms with E-state index in [9.17, 15) is 4.79 Å². The lowest BCUT2D eigenvalue weighted by molar-refractivity contribution is -0.126. The number of aromatic nitrogens is 3. The molecule has 0 spiro atoms. The average molecular weight is 314 g/mol. The molecule has 3 rings (SSSR count). The molecule has 1 aliphatic rings. The van der Waals surface area contributed by atoms with E-state index in [4.69, 9.17) is 4.74 Å². The van der Waals surface area contributed by atoms with Crippen LogP contribution in [0, 0.1) is 5.92 Å². The van der Waals surface area contributed by atoms with Crippen molar-refractivity contribution >= 4 is 5.91 Å². The first-order valence-electron chi connectivity index (χ1n) is 8.02. The molecule has 0 saturated carbocycles. The van der Waals surface area contributed by atoms with Crippen molar-refractivity contribution in [3.8, 4) is 0 Å². The van der Waals surface area contributed by atoms with Crippen LogP contribution in [0.25, 0.3) is 0 Å². The molecular weight excluding hydrogens is 292 g/mol. The van der Waals surface area contributed by atoms with Gasteiger partial charge in [0, 0.05) is 18.5 Å². The molecule has 0 unspecified atom stereocenters. The summed E-state index contributed by atoms with van der Waals surface area (Å²) in [6.45, 7) is 3.52. The van der Waals surface area contributed by atoms with Crippen LogP contribution >= 0.6 is 0 Å². The number of ether oxygens (including phenoxy) is 1. The molecule has 0 saturated heterocycles. The van der Waals surface area contributed by atoms with E-state index in [1.54, 1.807) is 4.68 Å². The first-order valence-corrected chi connectivity index (χ1v) is 8.02. The van der Waals surface area contributed by atoms with E-state index in [0.29, 0.717) is 19.8 Å². The van der Waals surface area contributed by atoms with Crippen LogP contribution in [-0.2, 0) is 29.1 Å². The Morgan fingerprint density at radius 3 is 3.00 bits per heavy atom. The van der Waals surface area contributed by atoms with E-state index in [0.717, 1.165) is 18.5 Å². The van der Waals surface area contributed by atoms with Gasteiger partial charge in [0.1, 0.15) is 5.69 Å². The maximum absolute atomic E-state index is 12.6. The zero-order valence-corrected chi connectivity index (χ0v) is 13.3. The van der Waals surface area contributed by atoms with Gasteiger partial charge in [0.05, 0.1) is 19.4 Å². The first-order chi connectivity index (χ1) is 11.2. The lowest BCUT2D eigenvalue weighted by Gasteiger charge is -2.21. The van der Waals surface area contributed by atoms with Crippen LogP contribution in [0.3, 0.4) is 0 Å². The number of rotatable bonds is 2. The van der Waals surface area contributed by atoms with E-state index in [1.807, 2.05) is 31.3 Å². The molecule has 6 heteroatoms. The number of amides is 1. The van der Waals surface area contributed by atoms with Gasteiger partial charge in [0.25, 0.3) is 0 Å². The zero-order valence-electron chi connectivity index (χ0n) is 13.3. The third-order valence-corrected chi connectivity index (χ3v) is 3.99. The molecule has 0 aliphatic carbocycles. The summed E-state index contributed by atoms with van der Waals surface area (Å²) in [4.78, 5) is 12.6. The Morgan fingerprint density at radius 1 is 1.35 bits per heavy atom. The number of benzene rings is 1. The summed E-state index contributed by atoms with van der Waals surface area (Å²) in [5.41, 5.74) is 1.99. The summed E-state index contributed by atoms with van der Waals surface area (Å²) in [5.74, 6) is -0.0159. The molecule has 2 aromatic rings. The maximum atomic E-state index is 12.6. The van der Waals surface area contributed by atoms with Crippen molar-refractivity contribution < 1.29 is 9.53 Å². The van der Waals surface area contributed by atoms with Crippen molar-refractivity contribution in [1.29, 1.82) is 0 Å². The SMILES string of the molecule is C[C@@H]1COCc2cn(nn2)CC[C@@H](Cc2ccccc2)C(=O)N1. The molecule has 0 fully saturated rings. The van der Waals surface area contributed by atoms with E-state index < -0.39 is 0 Å². The van der Waals surface area contributed by atoms with Crippen LogP contribution in [0.1, 0.15) is 24.6 Å². The van der Waals surface area contributed by atoms with Crippen LogP contribution in [0.2, 0.25) is 0 Å². The quantitative estimate of drug-likeness (QED) is 0.913. The highest BCUT2D eigenvalue weighted by molar-refractivity contribution is 5.79. The van der Waals surface area contributed by atoms with E-state index >= 15 is 0 Å². The summed E-state index contributed by atoms with van der Waals surface area (Å²) >= 11 is 0. The normalized spacial score (nSPS) is 22.7. The number of fused-ring (bicyclic) bond motifs is 2. The largest absolute Gasteiger partial charge is 0.373 e. The number of nitrogens with zero attached hydrogens (tertiary/aromatic N) is 3. The Hall–Kier alpha value is -2.21. The molecule has 122 valence electrons. The highest BCUT2D eigenvalue weighted by Crippen LogP contribution is 2.15. The van der Waals surface area contributed by atoms with Gasteiger partial charge in [-0.3, -0.25) is 9.48 Å². The lowest BCUT2D eigenvalue weighted by atomic mass is 9.95. The number of hydrogen-bond donors (Lipinski definition) is 1. The number of carbonyl (C=O) groups excluding carboxylic acids is 1. The Kier molecular flexibility index (Phi) is 5.02. The van der Waals surface area contributed by atoms with Gasteiger partial charge < -0.3 is 10.1 Å². The van der Waals surface area contributed by atoms with Gasteiger partial charge in [-0.1, -0.05) is 35.5 Å². The van der Waals surface area contributed by atoms with Gasteiger partial charge >= 0.3 is 0 Å². The van der Waals surface area contributed by atoms with E-state index in [1.165, 1.54) is 5.56 Å². The van der Waals surface area contributed by atoms with Crippen LogP contribution < -0.4 is 5.32 Å². The second-order valence-electron chi connectivity index (χ2n) is 6.07. The summed E-state index contributed by atoms with van der Waals surface area (Å²) in [7, 11) is 0. The molecular formula is C17H22N4O2. The number of aryl methyl sites for hydroxylation is 1.